The number of guanidine groups is 1. The Morgan fingerprint density at radius 2 is 1.69 bits per heavy atom. The molecule has 0 aromatic heterocycles. The third kappa shape index (κ3) is 2.47. The van der Waals surface area contributed by atoms with Crippen molar-refractivity contribution in [2.45, 2.75) is 19.4 Å². The molecule has 0 heterocycles. The van der Waals surface area contributed by atoms with Gasteiger partial charge < -0.3 is 11.5 Å². The highest BCUT2D eigenvalue weighted by atomic mass is 15.0. The van der Waals surface area contributed by atoms with Crippen molar-refractivity contribution in [1.29, 1.82) is 0 Å². The first-order valence-corrected chi connectivity index (χ1v) is 4.19. The molecule has 0 aliphatic carbocycles. The Hall–Kier alpha value is -1.51. The molecule has 0 atom stereocenters. The molecular weight excluding hydrogens is 162 g/mol. The van der Waals surface area contributed by atoms with Crippen LogP contribution in [0.4, 0.5) is 0 Å². The number of hydrogen-bond donors (Lipinski definition) is 2. The molecule has 0 radical (unpaired) electrons. The predicted molar refractivity (Wildman–Crippen MR) is 55.3 cm³/mol. The summed E-state index contributed by atoms with van der Waals surface area (Å²) >= 11 is 0. The maximum Gasteiger partial charge on any atom is 0.186 e. The minimum Gasteiger partial charge on any atom is -0.370 e. The molecule has 0 saturated carbocycles. The second-order valence-corrected chi connectivity index (χ2v) is 3.46. The van der Waals surface area contributed by atoms with Crippen LogP contribution in [0.3, 0.4) is 0 Å². The fourth-order valence-electron chi connectivity index (χ4n) is 1.23. The van der Waals surface area contributed by atoms with E-state index in [9.17, 15) is 0 Å². The smallest absolute Gasteiger partial charge is 0.186 e. The number of nitrogens with zero attached hydrogens (tertiary/aromatic N) is 1. The maximum atomic E-state index is 5.34. The Morgan fingerprint density at radius 3 is 2.15 bits per heavy atom. The van der Waals surface area contributed by atoms with Crippen molar-refractivity contribution < 1.29 is 0 Å². The summed E-state index contributed by atoms with van der Waals surface area (Å²) in [5.74, 6) is 0.119. The van der Waals surface area contributed by atoms with E-state index in [1.165, 1.54) is 0 Å². The molecule has 0 bridgehead atoms. The summed E-state index contributed by atoms with van der Waals surface area (Å²) in [5.41, 5.74) is 11.4. The molecule has 0 aliphatic heterocycles. The van der Waals surface area contributed by atoms with E-state index in [0.29, 0.717) is 0 Å². The molecule has 1 aromatic rings. The van der Waals surface area contributed by atoms with Crippen LogP contribution in [0.25, 0.3) is 0 Å². The van der Waals surface area contributed by atoms with Gasteiger partial charge in [-0.25, -0.2) is 4.99 Å². The molecule has 1 rings (SSSR count). The van der Waals surface area contributed by atoms with Gasteiger partial charge in [0.2, 0.25) is 0 Å². The van der Waals surface area contributed by atoms with E-state index in [1.807, 2.05) is 44.2 Å². The number of nitrogens with two attached hydrogens (primary N) is 2. The van der Waals surface area contributed by atoms with Crippen molar-refractivity contribution >= 4 is 5.96 Å². The van der Waals surface area contributed by atoms with E-state index >= 15 is 0 Å². The highest BCUT2D eigenvalue weighted by Crippen LogP contribution is 2.23. The number of benzene rings is 1. The molecular formula is C10H15N3. The topological polar surface area (TPSA) is 64.4 Å². The fraction of sp³-hybridized carbons (Fsp3) is 0.300. The number of rotatable bonds is 2. The normalized spacial score (nSPS) is 10.9. The maximum absolute atomic E-state index is 5.34. The summed E-state index contributed by atoms with van der Waals surface area (Å²) in [6.45, 7) is 3.95. The lowest BCUT2D eigenvalue weighted by molar-refractivity contribution is 0.557. The highest BCUT2D eigenvalue weighted by Gasteiger charge is 2.18. The van der Waals surface area contributed by atoms with Crippen LogP contribution in [-0.4, -0.2) is 5.96 Å². The Bertz CT molecular complexity index is 297. The Kier molecular flexibility index (Phi) is 2.56. The molecule has 0 saturated heterocycles. The summed E-state index contributed by atoms with van der Waals surface area (Å²) in [4.78, 5) is 4.15. The molecule has 1 aromatic carbocycles. The lowest BCUT2D eigenvalue weighted by Crippen LogP contribution is -2.28. The fourth-order valence-corrected chi connectivity index (χ4v) is 1.23. The van der Waals surface area contributed by atoms with Crippen LogP contribution >= 0.6 is 0 Å². The van der Waals surface area contributed by atoms with E-state index in [-0.39, 0.29) is 11.5 Å². The summed E-state index contributed by atoms with van der Waals surface area (Å²) < 4.78 is 0. The van der Waals surface area contributed by atoms with Gasteiger partial charge in [0.25, 0.3) is 0 Å². The molecule has 0 unspecified atom stereocenters. The second-order valence-electron chi connectivity index (χ2n) is 3.46. The van der Waals surface area contributed by atoms with Crippen molar-refractivity contribution in [3.63, 3.8) is 0 Å². The first kappa shape index (κ1) is 9.58. The predicted octanol–water partition coefficient (Wildman–Crippen LogP) is 1.20. The molecule has 4 N–H and O–H groups in total. The quantitative estimate of drug-likeness (QED) is 0.526. The monoisotopic (exact) mass is 177 g/mol. The van der Waals surface area contributed by atoms with Gasteiger partial charge in [-0.05, 0) is 19.4 Å². The molecule has 0 aliphatic rings. The zero-order valence-corrected chi connectivity index (χ0v) is 7.99. The third-order valence-corrected chi connectivity index (χ3v) is 1.89. The minimum atomic E-state index is -0.347. The lowest BCUT2D eigenvalue weighted by atomic mass is 9.95. The standard InChI is InChI=1S/C10H15N3/c1-10(2,13-9(11)12)8-6-4-3-5-7-8/h3-7H,1-2H3,(H4,11,12,13). The Balaban J connectivity index is 3.01. The Morgan fingerprint density at radius 1 is 1.15 bits per heavy atom. The van der Waals surface area contributed by atoms with Crippen LogP contribution in [-0.2, 0) is 5.54 Å². The van der Waals surface area contributed by atoms with Crippen molar-refractivity contribution in [3.8, 4) is 0 Å². The molecule has 3 heteroatoms. The zero-order valence-electron chi connectivity index (χ0n) is 7.99. The van der Waals surface area contributed by atoms with E-state index in [1.54, 1.807) is 0 Å². The summed E-state index contributed by atoms with van der Waals surface area (Å²) in [7, 11) is 0. The molecule has 13 heavy (non-hydrogen) atoms. The average Bonchev–Trinajstić information content (AvgIpc) is 2.04. The second kappa shape index (κ2) is 3.47. The van der Waals surface area contributed by atoms with Gasteiger partial charge in [0.15, 0.2) is 5.96 Å². The van der Waals surface area contributed by atoms with Crippen molar-refractivity contribution in [2.75, 3.05) is 0 Å². The molecule has 0 amide bonds. The van der Waals surface area contributed by atoms with E-state index in [4.69, 9.17) is 11.5 Å². The van der Waals surface area contributed by atoms with Crippen LogP contribution in [0.2, 0.25) is 0 Å². The van der Waals surface area contributed by atoms with Gasteiger partial charge in [-0.1, -0.05) is 30.3 Å². The van der Waals surface area contributed by atoms with Gasteiger partial charge in [0.1, 0.15) is 0 Å². The van der Waals surface area contributed by atoms with Crippen LogP contribution in [0.15, 0.2) is 35.3 Å². The molecule has 70 valence electrons. The van der Waals surface area contributed by atoms with Gasteiger partial charge in [-0.3, -0.25) is 0 Å². The summed E-state index contributed by atoms with van der Waals surface area (Å²) in [6, 6.07) is 9.92. The van der Waals surface area contributed by atoms with E-state index in [0.717, 1.165) is 5.56 Å². The highest BCUT2D eigenvalue weighted by molar-refractivity contribution is 5.76. The average molecular weight is 177 g/mol. The Labute approximate surface area is 78.5 Å². The molecule has 3 nitrogen and oxygen atoms in total. The number of aliphatic imine (C=N–C) groups is 1. The molecule has 0 spiro atoms. The lowest BCUT2D eigenvalue weighted by Gasteiger charge is -2.20. The zero-order chi connectivity index (χ0) is 9.90. The van der Waals surface area contributed by atoms with Crippen LogP contribution < -0.4 is 11.5 Å². The van der Waals surface area contributed by atoms with E-state index < -0.39 is 0 Å². The third-order valence-electron chi connectivity index (χ3n) is 1.89. The largest absolute Gasteiger partial charge is 0.370 e. The van der Waals surface area contributed by atoms with Gasteiger partial charge in [-0.15, -0.1) is 0 Å². The summed E-state index contributed by atoms with van der Waals surface area (Å²) in [5, 5.41) is 0. The summed E-state index contributed by atoms with van der Waals surface area (Å²) in [6.07, 6.45) is 0. The SMILES string of the molecule is CC(C)(N=C(N)N)c1ccccc1. The van der Waals surface area contributed by atoms with Crippen molar-refractivity contribution in [1.82, 2.24) is 0 Å². The van der Waals surface area contributed by atoms with Crippen molar-refractivity contribution in [2.24, 2.45) is 16.5 Å². The van der Waals surface area contributed by atoms with Gasteiger partial charge >= 0.3 is 0 Å². The van der Waals surface area contributed by atoms with Crippen LogP contribution in [0, 0.1) is 0 Å². The van der Waals surface area contributed by atoms with Gasteiger partial charge in [-0.2, -0.15) is 0 Å². The molecule has 0 fully saturated rings. The van der Waals surface area contributed by atoms with Gasteiger partial charge in [0, 0.05) is 0 Å². The first-order valence-electron chi connectivity index (χ1n) is 4.19. The van der Waals surface area contributed by atoms with E-state index in [2.05, 4.69) is 4.99 Å². The minimum absolute atomic E-state index is 0.119. The number of hydrogen-bond acceptors (Lipinski definition) is 1. The first-order chi connectivity index (χ1) is 6.02. The van der Waals surface area contributed by atoms with Crippen molar-refractivity contribution in [3.05, 3.63) is 35.9 Å². The van der Waals surface area contributed by atoms with Crippen LogP contribution in [0.1, 0.15) is 19.4 Å². The van der Waals surface area contributed by atoms with Gasteiger partial charge in [0.05, 0.1) is 5.54 Å². The van der Waals surface area contributed by atoms with Crippen LogP contribution in [0.5, 0.6) is 0 Å².